The number of halogens is 1. The van der Waals surface area contributed by atoms with Crippen molar-refractivity contribution in [3.63, 3.8) is 0 Å². The standard InChI is InChI=1S/C17H17FN2O3S/c18-15-3-1-2-13(10-15)14-8-9-20(11-14)24(22,23)16-6-4-12(5-7-16)17(19)21/h1-7,10,14H,8-9,11H2,(H2,19,21)/t14-/m1/s1. The number of carbonyl (C=O) groups excluding carboxylic acids is 1. The van der Waals surface area contributed by atoms with Crippen LogP contribution < -0.4 is 5.73 Å². The zero-order valence-electron chi connectivity index (χ0n) is 12.9. The normalized spacial score (nSPS) is 18.6. The van der Waals surface area contributed by atoms with Crippen LogP contribution in [0.4, 0.5) is 4.39 Å². The summed E-state index contributed by atoms with van der Waals surface area (Å²) in [6, 6.07) is 11.8. The van der Waals surface area contributed by atoms with Crippen LogP contribution in [0.15, 0.2) is 53.4 Å². The van der Waals surface area contributed by atoms with Crippen molar-refractivity contribution in [1.29, 1.82) is 0 Å². The van der Waals surface area contributed by atoms with Crippen molar-refractivity contribution in [2.45, 2.75) is 17.2 Å². The van der Waals surface area contributed by atoms with Crippen LogP contribution in [0.5, 0.6) is 0 Å². The molecule has 1 aliphatic rings. The molecule has 2 aromatic rings. The van der Waals surface area contributed by atoms with Crippen molar-refractivity contribution in [3.8, 4) is 0 Å². The number of amides is 1. The number of primary amides is 1. The monoisotopic (exact) mass is 348 g/mol. The maximum Gasteiger partial charge on any atom is 0.248 e. The van der Waals surface area contributed by atoms with Gasteiger partial charge in [0.05, 0.1) is 4.90 Å². The molecule has 3 rings (SSSR count). The van der Waals surface area contributed by atoms with Gasteiger partial charge in [-0.25, -0.2) is 12.8 Å². The van der Waals surface area contributed by atoms with Gasteiger partial charge in [-0.05, 0) is 54.3 Å². The van der Waals surface area contributed by atoms with Crippen molar-refractivity contribution >= 4 is 15.9 Å². The molecule has 0 radical (unpaired) electrons. The van der Waals surface area contributed by atoms with Gasteiger partial charge in [0.1, 0.15) is 5.82 Å². The van der Waals surface area contributed by atoms with E-state index in [1.54, 1.807) is 6.07 Å². The first-order valence-corrected chi connectivity index (χ1v) is 8.97. The largest absolute Gasteiger partial charge is 0.366 e. The number of benzene rings is 2. The van der Waals surface area contributed by atoms with E-state index in [0.29, 0.717) is 19.5 Å². The minimum absolute atomic E-state index is 0.0274. The Labute approximate surface area is 139 Å². The fourth-order valence-electron chi connectivity index (χ4n) is 2.92. The molecule has 1 amide bonds. The van der Waals surface area contributed by atoms with E-state index in [1.807, 2.05) is 6.07 Å². The molecule has 126 valence electrons. The van der Waals surface area contributed by atoms with Gasteiger partial charge in [0.25, 0.3) is 0 Å². The Balaban J connectivity index is 1.80. The molecular weight excluding hydrogens is 331 g/mol. The van der Waals surface area contributed by atoms with E-state index >= 15 is 0 Å². The minimum Gasteiger partial charge on any atom is -0.366 e. The summed E-state index contributed by atoms with van der Waals surface area (Å²) in [7, 11) is -3.64. The molecule has 1 atom stereocenters. The number of carbonyl (C=O) groups is 1. The van der Waals surface area contributed by atoms with Crippen molar-refractivity contribution in [1.82, 2.24) is 4.31 Å². The van der Waals surface area contributed by atoms with Gasteiger partial charge in [-0.3, -0.25) is 4.79 Å². The summed E-state index contributed by atoms with van der Waals surface area (Å²) in [4.78, 5) is 11.2. The van der Waals surface area contributed by atoms with Crippen LogP contribution in [0.2, 0.25) is 0 Å². The van der Waals surface area contributed by atoms with Gasteiger partial charge in [-0.2, -0.15) is 4.31 Å². The zero-order valence-corrected chi connectivity index (χ0v) is 13.7. The summed E-state index contributed by atoms with van der Waals surface area (Å²) < 4.78 is 40.1. The molecule has 24 heavy (non-hydrogen) atoms. The van der Waals surface area contributed by atoms with Crippen molar-refractivity contribution < 1.29 is 17.6 Å². The maximum atomic E-state index is 13.4. The number of nitrogens with two attached hydrogens (primary N) is 1. The lowest BCUT2D eigenvalue weighted by molar-refractivity contribution is 0.1000. The van der Waals surface area contributed by atoms with E-state index in [-0.39, 0.29) is 22.2 Å². The molecule has 1 heterocycles. The van der Waals surface area contributed by atoms with Crippen molar-refractivity contribution in [2.75, 3.05) is 13.1 Å². The van der Waals surface area contributed by atoms with E-state index < -0.39 is 15.9 Å². The molecule has 0 saturated carbocycles. The molecule has 2 aromatic carbocycles. The van der Waals surface area contributed by atoms with Crippen LogP contribution in [-0.4, -0.2) is 31.7 Å². The Bertz CT molecular complexity index is 866. The Kier molecular flexibility index (Phi) is 4.38. The summed E-state index contributed by atoms with van der Waals surface area (Å²) in [6.45, 7) is 0.685. The average molecular weight is 348 g/mol. The average Bonchev–Trinajstić information content (AvgIpc) is 3.06. The number of hydrogen-bond donors (Lipinski definition) is 1. The molecule has 0 spiro atoms. The first kappa shape index (κ1) is 16.6. The Morgan fingerprint density at radius 1 is 1.17 bits per heavy atom. The molecule has 0 aromatic heterocycles. The highest BCUT2D eigenvalue weighted by Crippen LogP contribution is 2.31. The molecule has 1 saturated heterocycles. The fraction of sp³-hybridized carbons (Fsp3) is 0.235. The first-order valence-electron chi connectivity index (χ1n) is 7.53. The second-order valence-electron chi connectivity index (χ2n) is 5.79. The van der Waals surface area contributed by atoms with Crippen LogP contribution in [0, 0.1) is 5.82 Å². The van der Waals surface area contributed by atoms with E-state index in [9.17, 15) is 17.6 Å². The maximum absolute atomic E-state index is 13.4. The highest BCUT2D eigenvalue weighted by molar-refractivity contribution is 7.89. The van der Waals surface area contributed by atoms with Crippen LogP contribution in [-0.2, 0) is 10.0 Å². The fourth-order valence-corrected chi connectivity index (χ4v) is 4.42. The molecule has 1 aliphatic heterocycles. The van der Waals surface area contributed by atoms with Crippen molar-refractivity contribution in [2.24, 2.45) is 5.73 Å². The van der Waals surface area contributed by atoms with Gasteiger partial charge in [0.15, 0.2) is 0 Å². The number of rotatable bonds is 4. The smallest absolute Gasteiger partial charge is 0.248 e. The lowest BCUT2D eigenvalue weighted by Crippen LogP contribution is -2.28. The Morgan fingerprint density at radius 3 is 2.50 bits per heavy atom. The molecule has 0 aliphatic carbocycles. The minimum atomic E-state index is -3.64. The Morgan fingerprint density at radius 2 is 1.88 bits per heavy atom. The van der Waals surface area contributed by atoms with Gasteiger partial charge in [-0.1, -0.05) is 12.1 Å². The van der Waals surface area contributed by atoms with E-state index in [4.69, 9.17) is 5.73 Å². The van der Waals surface area contributed by atoms with Crippen LogP contribution in [0.3, 0.4) is 0 Å². The number of hydrogen-bond acceptors (Lipinski definition) is 3. The SMILES string of the molecule is NC(=O)c1ccc(S(=O)(=O)N2CC[C@@H](c3cccc(F)c3)C2)cc1. The molecular formula is C17H17FN2O3S. The molecule has 1 fully saturated rings. The van der Waals surface area contributed by atoms with E-state index in [2.05, 4.69) is 0 Å². The predicted molar refractivity (Wildman–Crippen MR) is 87.5 cm³/mol. The predicted octanol–water partition coefficient (Wildman–Crippen LogP) is 2.10. The van der Waals surface area contributed by atoms with Gasteiger partial charge in [-0.15, -0.1) is 0 Å². The van der Waals surface area contributed by atoms with Crippen LogP contribution >= 0.6 is 0 Å². The van der Waals surface area contributed by atoms with Crippen LogP contribution in [0.1, 0.15) is 28.3 Å². The third-order valence-electron chi connectivity index (χ3n) is 4.25. The lowest BCUT2D eigenvalue weighted by atomic mass is 9.99. The number of sulfonamides is 1. The van der Waals surface area contributed by atoms with Crippen molar-refractivity contribution in [3.05, 3.63) is 65.5 Å². The second-order valence-corrected chi connectivity index (χ2v) is 7.73. The highest BCUT2D eigenvalue weighted by Gasteiger charge is 2.33. The summed E-state index contributed by atoms with van der Waals surface area (Å²) in [6.07, 6.45) is 0.641. The zero-order chi connectivity index (χ0) is 17.3. The molecule has 2 N–H and O–H groups in total. The molecule has 0 unspecified atom stereocenters. The van der Waals surface area contributed by atoms with Gasteiger partial charge < -0.3 is 5.73 Å². The second kappa shape index (κ2) is 6.33. The lowest BCUT2D eigenvalue weighted by Gasteiger charge is -2.17. The van der Waals surface area contributed by atoms with Gasteiger partial charge in [0, 0.05) is 18.7 Å². The topological polar surface area (TPSA) is 80.5 Å². The summed E-state index contributed by atoms with van der Waals surface area (Å²) in [5, 5.41) is 0. The molecule has 5 nitrogen and oxygen atoms in total. The third kappa shape index (κ3) is 3.18. The first-order chi connectivity index (χ1) is 11.4. The number of nitrogens with zero attached hydrogens (tertiary/aromatic N) is 1. The summed E-state index contributed by atoms with van der Waals surface area (Å²) >= 11 is 0. The van der Waals surface area contributed by atoms with Gasteiger partial charge >= 0.3 is 0 Å². The van der Waals surface area contributed by atoms with E-state index in [1.165, 1.54) is 40.7 Å². The summed E-state index contributed by atoms with van der Waals surface area (Å²) in [5.74, 6) is -0.956. The third-order valence-corrected chi connectivity index (χ3v) is 6.13. The summed E-state index contributed by atoms with van der Waals surface area (Å²) in [5.41, 5.74) is 6.22. The van der Waals surface area contributed by atoms with E-state index in [0.717, 1.165) is 5.56 Å². The Hall–Kier alpha value is -2.25. The highest BCUT2D eigenvalue weighted by atomic mass is 32.2. The molecule has 7 heteroatoms. The van der Waals surface area contributed by atoms with Crippen LogP contribution in [0.25, 0.3) is 0 Å². The molecule has 0 bridgehead atoms. The quantitative estimate of drug-likeness (QED) is 0.919. The van der Waals surface area contributed by atoms with Gasteiger partial charge in [0.2, 0.25) is 15.9 Å².